The minimum Gasteiger partial charge on any atom is -0.459 e. The third-order valence-corrected chi connectivity index (χ3v) is 2.30. The zero-order valence-corrected chi connectivity index (χ0v) is 8.37. The van der Waals surface area contributed by atoms with Crippen LogP contribution in [0, 0.1) is 0 Å². The highest BCUT2D eigenvalue weighted by Crippen LogP contribution is 2.41. The van der Waals surface area contributed by atoms with Crippen LogP contribution in [0.2, 0.25) is 0 Å². The molecule has 1 atom stereocenters. The summed E-state index contributed by atoms with van der Waals surface area (Å²) in [5, 5.41) is 0. The Bertz CT molecular complexity index is 402. The van der Waals surface area contributed by atoms with Crippen LogP contribution < -0.4 is 9.64 Å². The molecule has 2 rings (SSSR count). The van der Waals surface area contributed by atoms with Crippen molar-refractivity contribution in [3.63, 3.8) is 0 Å². The first kappa shape index (κ1) is 10.9. The van der Waals surface area contributed by atoms with Gasteiger partial charge in [-0.1, -0.05) is 18.2 Å². The Morgan fingerprint density at radius 1 is 1.38 bits per heavy atom. The lowest BCUT2D eigenvalue weighted by molar-refractivity contribution is -0.189. The molecule has 5 heteroatoms. The molecular weight excluding hydrogens is 219 g/mol. The van der Waals surface area contributed by atoms with Gasteiger partial charge in [0.25, 0.3) is 6.23 Å². The van der Waals surface area contributed by atoms with Crippen molar-refractivity contribution in [2.24, 2.45) is 0 Å². The van der Waals surface area contributed by atoms with E-state index in [-0.39, 0.29) is 12.3 Å². The van der Waals surface area contributed by atoms with E-state index >= 15 is 0 Å². The molecule has 1 aromatic rings. The van der Waals surface area contributed by atoms with Gasteiger partial charge in [0.2, 0.25) is 0 Å². The second kappa shape index (κ2) is 3.73. The van der Waals surface area contributed by atoms with Crippen LogP contribution in [0.15, 0.2) is 36.9 Å². The molecule has 86 valence electrons. The largest absolute Gasteiger partial charge is 0.459 e. The number of benzene rings is 1. The molecule has 0 N–H and O–H groups in total. The van der Waals surface area contributed by atoms with E-state index in [2.05, 4.69) is 6.58 Å². The van der Waals surface area contributed by atoms with Gasteiger partial charge in [0.05, 0.1) is 5.69 Å². The summed E-state index contributed by atoms with van der Waals surface area (Å²) < 4.78 is 43.0. The van der Waals surface area contributed by atoms with Gasteiger partial charge in [-0.15, -0.1) is 6.58 Å². The van der Waals surface area contributed by atoms with E-state index in [0.717, 1.165) is 4.90 Å². The summed E-state index contributed by atoms with van der Waals surface area (Å²) in [6.07, 6.45) is -4.91. The van der Waals surface area contributed by atoms with Gasteiger partial charge < -0.3 is 9.64 Å². The van der Waals surface area contributed by atoms with Gasteiger partial charge in [-0.2, -0.15) is 13.2 Å². The molecule has 0 bridgehead atoms. The smallest absolute Gasteiger partial charge is 0.445 e. The molecule has 1 aliphatic heterocycles. The molecule has 0 aromatic heterocycles. The number of hydrogen-bond donors (Lipinski definition) is 0. The molecule has 0 radical (unpaired) electrons. The van der Waals surface area contributed by atoms with E-state index in [1.54, 1.807) is 18.2 Å². The Hall–Kier alpha value is -1.65. The van der Waals surface area contributed by atoms with Crippen LogP contribution in [0.1, 0.15) is 0 Å². The second-order valence-electron chi connectivity index (χ2n) is 3.42. The van der Waals surface area contributed by atoms with Crippen molar-refractivity contribution in [2.45, 2.75) is 12.4 Å². The number of fused-ring (bicyclic) bond motifs is 1. The molecule has 1 unspecified atom stereocenters. The molecule has 16 heavy (non-hydrogen) atoms. The monoisotopic (exact) mass is 229 g/mol. The summed E-state index contributed by atoms with van der Waals surface area (Å²) in [5.41, 5.74) is 0.449. The Balaban J connectivity index is 2.37. The normalized spacial score (nSPS) is 19.2. The second-order valence-corrected chi connectivity index (χ2v) is 3.42. The van der Waals surface area contributed by atoms with Crippen molar-refractivity contribution in [1.82, 2.24) is 0 Å². The molecule has 0 spiro atoms. The van der Waals surface area contributed by atoms with Crippen LogP contribution in [0.25, 0.3) is 0 Å². The minimum atomic E-state index is -4.41. The van der Waals surface area contributed by atoms with Crippen molar-refractivity contribution in [3.05, 3.63) is 36.9 Å². The van der Waals surface area contributed by atoms with Crippen LogP contribution in [-0.2, 0) is 0 Å². The van der Waals surface area contributed by atoms with E-state index in [1.807, 2.05) is 0 Å². The highest BCUT2D eigenvalue weighted by atomic mass is 19.4. The average molecular weight is 229 g/mol. The lowest BCUT2D eigenvalue weighted by Crippen LogP contribution is -2.46. The van der Waals surface area contributed by atoms with Crippen LogP contribution in [0.3, 0.4) is 0 Å². The first-order valence-electron chi connectivity index (χ1n) is 4.74. The van der Waals surface area contributed by atoms with Gasteiger partial charge >= 0.3 is 6.18 Å². The van der Waals surface area contributed by atoms with E-state index in [9.17, 15) is 13.2 Å². The fourth-order valence-corrected chi connectivity index (χ4v) is 1.68. The number of halogens is 3. The van der Waals surface area contributed by atoms with Gasteiger partial charge in [0.1, 0.15) is 5.75 Å². The van der Waals surface area contributed by atoms with Crippen molar-refractivity contribution in [2.75, 3.05) is 11.4 Å². The van der Waals surface area contributed by atoms with Gasteiger partial charge in [-0.3, -0.25) is 0 Å². The number of ether oxygens (including phenoxy) is 1. The SMILES string of the molecule is C=CCN1c2ccccc2OC1C(F)(F)F. The summed E-state index contributed by atoms with van der Waals surface area (Å²) in [6, 6.07) is 6.45. The molecule has 0 amide bonds. The molecular formula is C11H10F3NO. The van der Waals surface area contributed by atoms with Crippen molar-refractivity contribution < 1.29 is 17.9 Å². The van der Waals surface area contributed by atoms with Crippen LogP contribution >= 0.6 is 0 Å². The zero-order valence-electron chi connectivity index (χ0n) is 8.37. The Morgan fingerprint density at radius 3 is 2.69 bits per heavy atom. The van der Waals surface area contributed by atoms with Gasteiger partial charge in [0.15, 0.2) is 0 Å². The van der Waals surface area contributed by atoms with Crippen LogP contribution in [0.4, 0.5) is 18.9 Å². The predicted molar refractivity (Wildman–Crippen MR) is 54.5 cm³/mol. The molecule has 0 aliphatic carbocycles. The van der Waals surface area contributed by atoms with Crippen LogP contribution in [0.5, 0.6) is 5.75 Å². The number of nitrogens with zero attached hydrogens (tertiary/aromatic N) is 1. The molecule has 0 fully saturated rings. The summed E-state index contributed by atoms with van der Waals surface area (Å²) in [7, 11) is 0. The predicted octanol–water partition coefficient (Wildman–Crippen LogP) is 2.96. The summed E-state index contributed by atoms with van der Waals surface area (Å²) in [5.74, 6) is 0.256. The number of anilines is 1. The van der Waals surface area contributed by atoms with E-state index in [4.69, 9.17) is 4.74 Å². The standard InChI is InChI=1S/C11H10F3NO/c1-2-7-15-8-5-3-4-6-9(8)16-10(15)11(12,13)14/h2-6,10H,1,7H2. The average Bonchev–Trinajstić information content (AvgIpc) is 2.58. The molecule has 0 saturated heterocycles. The summed E-state index contributed by atoms with van der Waals surface area (Å²) in [4.78, 5) is 1.14. The maximum absolute atomic E-state index is 12.7. The maximum Gasteiger partial charge on any atom is 0.445 e. The molecule has 2 nitrogen and oxygen atoms in total. The van der Waals surface area contributed by atoms with Crippen molar-refractivity contribution >= 4 is 5.69 Å². The van der Waals surface area contributed by atoms with Gasteiger partial charge in [0, 0.05) is 6.54 Å². The summed E-state index contributed by atoms with van der Waals surface area (Å²) >= 11 is 0. The molecule has 1 heterocycles. The number of hydrogen-bond acceptors (Lipinski definition) is 2. The van der Waals surface area contributed by atoms with Crippen LogP contribution in [-0.4, -0.2) is 18.9 Å². The van der Waals surface area contributed by atoms with E-state index in [0.29, 0.717) is 5.69 Å². The number of alkyl halides is 3. The zero-order chi connectivity index (χ0) is 11.8. The lowest BCUT2D eigenvalue weighted by atomic mass is 10.3. The van der Waals surface area contributed by atoms with Gasteiger partial charge in [-0.05, 0) is 12.1 Å². The molecule has 0 saturated carbocycles. The fraction of sp³-hybridized carbons (Fsp3) is 0.273. The Morgan fingerprint density at radius 2 is 2.06 bits per heavy atom. The molecule has 1 aromatic carbocycles. The Kier molecular flexibility index (Phi) is 2.53. The van der Waals surface area contributed by atoms with Crippen molar-refractivity contribution in [1.29, 1.82) is 0 Å². The highest BCUT2D eigenvalue weighted by Gasteiger charge is 2.49. The van der Waals surface area contributed by atoms with Gasteiger partial charge in [-0.25, -0.2) is 0 Å². The summed E-state index contributed by atoms with van der Waals surface area (Å²) in [6.45, 7) is 3.55. The van der Waals surface area contributed by atoms with E-state index in [1.165, 1.54) is 12.1 Å². The maximum atomic E-state index is 12.7. The minimum absolute atomic E-state index is 0.0984. The van der Waals surface area contributed by atoms with Crippen molar-refractivity contribution in [3.8, 4) is 5.75 Å². The third kappa shape index (κ3) is 1.73. The third-order valence-electron chi connectivity index (χ3n) is 2.30. The first-order valence-corrected chi connectivity index (χ1v) is 4.74. The fourth-order valence-electron chi connectivity index (χ4n) is 1.68. The van der Waals surface area contributed by atoms with E-state index < -0.39 is 12.4 Å². The first-order chi connectivity index (χ1) is 7.54. The molecule has 1 aliphatic rings. The quantitative estimate of drug-likeness (QED) is 0.723. The number of para-hydroxylation sites is 2. The number of rotatable bonds is 2. The highest BCUT2D eigenvalue weighted by molar-refractivity contribution is 5.62. The Labute approximate surface area is 90.9 Å². The lowest BCUT2D eigenvalue weighted by Gasteiger charge is -2.25. The topological polar surface area (TPSA) is 12.5 Å².